The Labute approximate surface area is 112 Å². The lowest BCUT2D eigenvalue weighted by molar-refractivity contribution is 0.0291. The van der Waals surface area contributed by atoms with E-state index in [1.54, 1.807) is 0 Å². The fraction of sp³-hybridized carbons (Fsp3) is 0.933. The summed E-state index contributed by atoms with van der Waals surface area (Å²) in [5, 5.41) is 0. The molecule has 0 aromatic heterocycles. The highest BCUT2D eigenvalue weighted by atomic mass is 16.6. The summed E-state index contributed by atoms with van der Waals surface area (Å²) in [4.78, 5) is 14.0. The van der Waals surface area contributed by atoms with Crippen LogP contribution in [0.25, 0.3) is 0 Å². The van der Waals surface area contributed by atoms with Gasteiger partial charge < -0.3 is 9.64 Å². The number of nitrogens with zero attached hydrogens (tertiary/aromatic N) is 1. The number of hydrogen-bond donors (Lipinski definition) is 0. The molecule has 1 amide bonds. The number of piperidine rings is 1. The summed E-state index contributed by atoms with van der Waals surface area (Å²) >= 11 is 0. The first-order valence-corrected chi connectivity index (χ1v) is 7.45. The third kappa shape index (κ3) is 3.89. The first kappa shape index (κ1) is 15.3. The molecule has 1 saturated heterocycles. The van der Waals surface area contributed by atoms with Crippen LogP contribution in [0.4, 0.5) is 4.79 Å². The highest BCUT2D eigenvalue weighted by Crippen LogP contribution is 2.31. The average Bonchev–Trinajstić information content (AvgIpc) is 2.34. The molecule has 3 heteroatoms. The van der Waals surface area contributed by atoms with E-state index in [0.717, 1.165) is 19.5 Å². The van der Waals surface area contributed by atoms with E-state index in [-0.39, 0.29) is 12.2 Å². The van der Waals surface area contributed by atoms with E-state index < -0.39 is 0 Å². The Morgan fingerprint density at radius 2 is 2.00 bits per heavy atom. The summed E-state index contributed by atoms with van der Waals surface area (Å²) in [5.74, 6) is 1.90. The largest absolute Gasteiger partial charge is 0.446 e. The minimum absolute atomic E-state index is 0.0248. The second-order valence-corrected chi connectivity index (χ2v) is 5.89. The van der Waals surface area contributed by atoms with Crippen LogP contribution < -0.4 is 0 Å². The quantitative estimate of drug-likeness (QED) is 0.762. The predicted octanol–water partition coefficient (Wildman–Crippen LogP) is 3.93. The molecule has 1 aliphatic rings. The van der Waals surface area contributed by atoms with Crippen molar-refractivity contribution >= 4 is 6.09 Å². The van der Waals surface area contributed by atoms with Crippen LogP contribution in [0.1, 0.15) is 53.9 Å². The van der Waals surface area contributed by atoms with Gasteiger partial charge in [-0.15, -0.1) is 0 Å². The van der Waals surface area contributed by atoms with Crippen LogP contribution >= 0.6 is 0 Å². The van der Waals surface area contributed by atoms with Crippen LogP contribution in [0, 0.1) is 17.8 Å². The highest BCUT2D eigenvalue weighted by Gasteiger charge is 2.33. The molecule has 4 unspecified atom stereocenters. The van der Waals surface area contributed by atoms with E-state index in [2.05, 4.69) is 20.8 Å². The van der Waals surface area contributed by atoms with Crippen LogP contribution in [-0.2, 0) is 4.74 Å². The van der Waals surface area contributed by atoms with Crippen molar-refractivity contribution in [1.82, 2.24) is 4.90 Å². The minimum atomic E-state index is -0.121. The number of hydrogen-bond acceptors (Lipinski definition) is 2. The molecule has 106 valence electrons. The molecular weight excluding hydrogens is 226 g/mol. The second-order valence-electron chi connectivity index (χ2n) is 5.89. The summed E-state index contributed by atoms with van der Waals surface area (Å²) in [6, 6.07) is 0. The van der Waals surface area contributed by atoms with Crippen molar-refractivity contribution in [2.24, 2.45) is 17.8 Å². The average molecular weight is 255 g/mol. The van der Waals surface area contributed by atoms with Gasteiger partial charge >= 0.3 is 6.09 Å². The lowest BCUT2D eigenvalue weighted by atomic mass is 9.78. The molecule has 0 saturated carbocycles. The summed E-state index contributed by atoms with van der Waals surface area (Å²) in [7, 11) is 0. The molecule has 1 heterocycles. The number of carbonyl (C=O) groups is 1. The number of carbonyl (C=O) groups excluding carboxylic acids is 1. The molecule has 0 bridgehead atoms. The van der Waals surface area contributed by atoms with Crippen molar-refractivity contribution in [2.75, 3.05) is 13.1 Å². The molecule has 18 heavy (non-hydrogen) atoms. The molecule has 0 aromatic carbocycles. The number of amides is 1. The molecular formula is C15H29NO2. The Morgan fingerprint density at radius 3 is 2.56 bits per heavy atom. The lowest BCUT2D eigenvalue weighted by Crippen LogP contribution is -2.48. The van der Waals surface area contributed by atoms with Gasteiger partial charge in [-0.3, -0.25) is 0 Å². The van der Waals surface area contributed by atoms with Crippen LogP contribution in [0.3, 0.4) is 0 Å². The Kier molecular flexibility index (Phi) is 5.97. The summed E-state index contributed by atoms with van der Waals surface area (Å²) in [6.45, 7) is 12.5. The zero-order valence-corrected chi connectivity index (χ0v) is 12.6. The minimum Gasteiger partial charge on any atom is -0.446 e. The van der Waals surface area contributed by atoms with Gasteiger partial charge in [-0.25, -0.2) is 4.79 Å². The van der Waals surface area contributed by atoms with Crippen molar-refractivity contribution in [3.8, 4) is 0 Å². The van der Waals surface area contributed by atoms with Crippen LogP contribution in [0.2, 0.25) is 0 Å². The second kappa shape index (κ2) is 7.01. The van der Waals surface area contributed by atoms with Gasteiger partial charge in [0.25, 0.3) is 0 Å². The van der Waals surface area contributed by atoms with Crippen molar-refractivity contribution in [2.45, 2.75) is 60.0 Å². The van der Waals surface area contributed by atoms with Gasteiger partial charge in [-0.05, 0) is 37.5 Å². The molecule has 1 fully saturated rings. The highest BCUT2D eigenvalue weighted by molar-refractivity contribution is 5.68. The van der Waals surface area contributed by atoms with Gasteiger partial charge in [0.05, 0.1) is 0 Å². The van der Waals surface area contributed by atoms with Gasteiger partial charge in [-0.2, -0.15) is 0 Å². The maximum atomic E-state index is 12.1. The van der Waals surface area contributed by atoms with E-state index in [9.17, 15) is 4.79 Å². The van der Waals surface area contributed by atoms with E-state index in [1.807, 2.05) is 18.7 Å². The number of ether oxygens (including phenoxy) is 1. The molecule has 0 N–H and O–H groups in total. The summed E-state index contributed by atoms with van der Waals surface area (Å²) in [6.07, 6.45) is 3.18. The lowest BCUT2D eigenvalue weighted by Gasteiger charge is -2.41. The Hall–Kier alpha value is -0.730. The Bertz CT molecular complexity index is 267. The predicted molar refractivity (Wildman–Crippen MR) is 74.5 cm³/mol. The zero-order valence-electron chi connectivity index (χ0n) is 12.6. The maximum Gasteiger partial charge on any atom is 0.410 e. The molecule has 0 spiro atoms. The van der Waals surface area contributed by atoms with Crippen LogP contribution in [0.5, 0.6) is 0 Å². The monoisotopic (exact) mass is 255 g/mol. The Balaban J connectivity index is 2.58. The van der Waals surface area contributed by atoms with E-state index in [1.165, 1.54) is 12.8 Å². The van der Waals surface area contributed by atoms with Crippen LogP contribution in [0.15, 0.2) is 0 Å². The van der Waals surface area contributed by atoms with Gasteiger partial charge in [0.15, 0.2) is 0 Å². The van der Waals surface area contributed by atoms with Crippen molar-refractivity contribution in [1.29, 1.82) is 0 Å². The zero-order chi connectivity index (χ0) is 13.7. The van der Waals surface area contributed by atoms with E-state index in [0.29, 0.717) is 17.8 Å². The van der Waals surface area contributed by atoms with E-state index >= 15 is 0 Å². The maximum absolute atomic E-state index is 12.1. The molecule has 4 atom stereocenters. The first-order valence-electron chi connectivity index (χ1n) is 7.45. The van der Waals surface area contributed by atoms with Crippen molar-refractivity contribution in [3.05, 3.63) is 0 Å². The van der Waals surface area contributed by atoms with Gasteiger partial charge in [0.2, 0.25) is 0 Å². The van der Waals surface area contributed by atoms with E-state index in [4.69, 9.17) is 4.74 Å². The van der Waals surface area contributed by atoms with Crippen molar-refractivity contribution < 1.29 is 9.53 Å². The first-order chi connectivity index (χ1) is 8.49. The molecule has 0 aromatic rings. The summed E-state index contributed by atoms with van der Waals surface area (Å²) < 4.78 is 5.44. The SMILES string of the molecule is CCCC1CN(C(=O)OC(C)CC)CC(C)C1C. The topological polar surface area (TPSA) is 29.5 Å². The Morgan fingerprint density at radius 1 is 1.33 bits per heavy atom. The van der Waals surface area contributed by atoms with Gasteiger partial charge in [0.1, 0.15) is 6.10 Å². The number of likely N-dealkylation sites (tertiary alicyclic amines) is 1. The molecule has 3 nitrogen and oxygen atoms in total. The third-order valence-electron chi connectivity index (χ3n) is 4.40. The normalized spacial score (nSPS) is 30.1. The third-order valence-corrected chi connectivity index (χ3v) is 4.40. The molecule has 1 aliphatic heterocycles. The standard InChI is InChI=1S/C15H29NO2/c1-6-8-14-10-16(9-11(3)13(14)5)15(17)18-12(4)7-2/h11-14H,6-10H2,1-5H3. The molecule has 1 rings (SSSR count). The fourth-order valence-electron chi connectivity index (χ4n) is 2.71. The van der Waals surface area contributed by atoms with Gasteiger partial charge in [0, 0.05) is 13.1 Å². The molecule has 0 aliphatic carbocycles. The molecule has 0 radical (unpaired) electrons. The fourth-order valence-corrected chi connectivity index (χ4v) is 2.71. The van der Waals surface area contributed by atoms with Crippen LogP contribution in [-0.4, -0.2) is 30.2 Å². The smallest absolute Gasteiger partial charge is 0.410 e. The van der Waals surface area contributed by atoms with Crippen molar-refractivity contribution in [3.63, 3.8) is 0 Å². The van der Waals surface area contributed by atoms with Gasteiger partial charge in [-0.1, -0.05) is 34.1 Å². The number of rotatable bonds is 4. The summed E-state index contributed by atoms with van der Waals surface area (Å²) in [5.41, 5.74) is 0.